The molecule has 4 aromatic rings. The third-order valence-electron chi connectivity index (χ3n) is 5.40. The fourth-order valence-corrected chi connectivity index (χ4v) is 4.52. The van der Waals surface area contributed by atoms with Crippen LogP contribution >= 0.6 is 11.6 Å². The van der Waals surface area contributed by atoms with Crippen LogP contribution in [0.5, 0.6) is 0 Å². The molecule has 1 aliphatic heterocycles. The van der Waals surface area contributed by atoms with Gasteiger partial charge in [0.15, 0.2) is 0 Å². The van der Waals surface area contributed by atoms with Crippen molar-refractivity contribution in [2.75, 3.05) is 36.5 Å². The molecule has 9 nitrogen and oxygen atoms in total. The summed E-state index contributed by atoms with van der Waals surface area (Å²) in [7, 11) is -3.76. The molecule has 0 saturated carbocycles. The Balaban J connectivity index is 1.58. The monoisotopic (exact) mass is 484 g/mol. The zero-order valence-corrected chi connectivity index (χ0v) is 19.0. The topological polar surface area (TPSA) is 126 Å². The molecule has 2 aromatic carbocycles. The van der Waals surface area contributed by atoms with Crippen molar-refractivity contribution < 1.29 is 13.2 Å². The summed E-state index contributed by atoms with van der Waals surface area (Å²) in [5.41, 5.74) is 3.23. The SMILES string of the molecule is NS(=O)(=O)c1ccc(Nc2nc(N3CCOCC3)c3c(-c4cccc(Cl)c4)c[nH]c3n2)cc1. The highest BCUT2D eigenvalue weighted by Crippen LogP contribution is 2.36. The maximum atomic E-state index is 11.5. The summed E-state index contributed by atoms with van der Waals surface area (Å²) in [5.74, 6) is 1.16. The number of nitrogens with two attached hydrogens (primary N) is 1. The molecule has 0 bridgehead atoms. The predicted octanol–water partition coefficient (Wildman–Crippen LogP) is 3.51. The Morgan fingerprint density at radius 1 is 1.09 bits per heavy atom. The fraction of sp³-hybridized carbons (Fsp3) is 0.182. The molecule has 1 fully saturated rings. The number of benzene rings is 2. The first kappa shape index (κ1) is 21.7. The molecule has 0 atom stereocenters. The standard InChI is InChI=1S/C22H21ClN6O3S/c23-15-3-1-2-14(12-15)18-13-25-20-19(18)21(29-8-10-32-11-9-29)28-22(27-20)26-16-4-6-17(7-5-16)33(24,30)31/h1-7,12-13H,8-11H2,(H2,24,30,31)(H2,25,26,27,28). The normalized spacial score (nSPS) is 14.5. The van der Waals surface area contributed by atoms with Crippen molar-refractivity contribution in [2.45, 2.75) is 4.90 Å². The highest BCUT2D eigenvalue weighted by molar-refractivity contribution is 7.89. The predicted molar refractivity (Wildman–Crippen MR) is 128 cm³/mol. The van der Waals surface area contributed by atoms with Crippen LogP contribution in [-0.2, 0) is 14.8 Å². The molecule has 0 amide bonds. The Labute approximate surface area is 195 Å². The lowest BCUT2D eigenvalue weighted by atomic mass is 10.1. The fourth-order valence-electron chi connectivity index (χ4n) is 3.81. The molecule has 170 valence electrons. The second-order valence-electron chi connectivity index (χ2n) is 7.60. The lowest BCUT2D eigenvalue weighted by Crippen LogP contribution is -2.37. The maximum Gasteiger partial charge on any atom is 0.238 e. The van der Waals surface area contributed by atoms with Crippen LogP contribution in [-0.4, -0.2) is 49.7 Å². The molecule has 3 heterocycles. The minimum absolute atomic E-state index is 0.0361. The average Bonchev–Trinajstić information content (AvgIpc) is 3.23. The number of ether oxygens (including phenoxy) is 1. The Morgan fingerprint density at radius 2 is 1.85 bits per heavy atom. The van der Waals surface area contributed by atoms with Crippen LogP contribution in [0.15, 0.2) is 59.6 Å². The van der Waals surface area contributed by atoms with E-state index in [0.717, 1.165) is 22.3 Å². The maximum absolute atomic E-state index is 11.5. The first-order chi connectivity index (χ1) is 15.9. The Kier molecular flexibility index (Phi) is 5.67. The second-order valence-corrected chi connectivity index (χ2v) is 9.60. The molecule has 2 aromatic heterocycles. The Morgan fingerprint density at radius 3 is 2.55 bits per heavy atom. The number of H-pyrrole nitrogens is 1. The number of sulfonamides is 1. The molecular weight excluding hydrogens is 464 g/mol. The summed E-state index contributed by atoms with van der Waals surface area (Å²) < 4.78 is 28.6. The summed E-state index contributed by atoms with van der Waals surface area (Å²) in [5, 5.41) is 9.89. The largest absolute Gasteiger partial charge is 0.378 e. The molecule has 0 unspecified atom stereocenters. The minimum Gasteiger partial charge on any atom is -0.378 e. The molecule has 0 spiro atoms. The number of rotatable bonds is 5. The van der Waals surface area contributed by atoms with Crippen molar-refractivity contribution in [3.05, 3.63) is 59.8 Å². The minimum atomic E-state index is -3.76. The molecule has 5 rings (SSSR count). The summed E-state index contributed by atoms with van der Waals surface area (Å²) in [4.78, 5) is 14.9. The smallest absolute Gasteiger partial charge is 0.238 e. The van der Waals surface area contributed by atoms with Crippen LogP contribution in [0, 0.1) is 0 Å². The molecule has 0 radical (unpaired) electrons. The van der Waals surface area contributed by atoms with E-state index in [4.69, 9.17) is 26.5 Å². The molecule has 33 heavy (non-hydrogen) atoms. The first-order valence-electron chi connectivity index (χ1n) is 10.3. The van der Waals surface area contributed by atoms with Gasteiger partial charge in [-0.15, -0.1) is 0 Å². The molecule has 1 aliphatic rings. The van der Waals surface area contributed by atoms with E-state index >= 15 is 0 Å². The summed E-state index contributed by atoms with van der Waals surface area (Å²) in [6.45, 7) is 2.63. The molecule has 4 N–H and O–H groups in total. The number of hydrogen-bond donors (Lipinski definition) is 3. The van der Waals surface area contributed by atoms with Gasteiger partial charge in [0.25, 0.3) is 0 Å². The van der Waals surface area contributed by atoms with Gasteiger partial charge in [-0.2, -0.15) is 9.97 Å². The number of aromatic nitrogens is 3. The summed E-state index contributed by atoms with van der Waals surface area (Å²) >= 11 is 6.23. The van der Waals surface area contributed by atoms with Gasteiger partial charge in [-0.3, -0.25) is 0 Å². The number of primary sulfonamides is 1. The third-order valence-corrected chi connectivity index (χ3v) is 6.56. The number of nitrogens with one attached hydrogen (secondary N) is 2. The molecular formula is C22H21ClN6O3S. The van der Waals surface area contributed by atoms with Gasteiger partial charge in [-0.25, -0.2) is 13.6 Å². The van der Waals surface area contributed by atoms with Gasteiger partial charge in [0, 0.05) is 35.6 Å². The van der Waals surface area contributed by atoms with E-state index < -0.39 is 10.0 Å². The zero-order valence-electron chi connectivity index (χ0n) is 17.5. The van der Waals surface area contributed by atoms with Crippen molar-refractivity contribution in [1.82, 2.24) is 15.0 Å². The highest BCUT2D eigenvalue weighted by Gasteiger charge is 2.22. The summed E-state index contributed by atoms with van der Waals surface area (Å²) in [6, 6.07) is 13.8. The van der Waals surface area contributed by atoms with Gasteiger partial charge >= 0.3 is 0 Å². The highest BCUT2D eigenvalue weighted by atomic mass is 35.5. The number of hydrogen-bond acceptors (Lipinski definition) is 7. The molecule has 11 heteroatoms. The van der Waals surface area contributed by atoms with Crippen LogP contribution < -0.4 is 15.4 Å². The van der Waals surface area contributed by atoms with Gasteiger partial charge in [0.2, 0.25) is 16.0 Å². The quantitative estimate of drug-likeness (QED) is 0.395. The van der Waals surface area contributed by atoms with E-state index in [0.29, 0.717) is 48.6 Å². The zero-order chi connectivity index (χ0) is 23.0. The third kappa shape index (κ3) is 4.51. The van der Waals surface area contributed by atoms with Gasteiger partial charge in [0.1, 0.15) is 11.5 Å². The van der Waals surface area contributed by atoms with Crippen molar-refractivity contribution in [3.8, 4) is 11.1 Å². The molecule has 0 aliphatic carbocycles. The van der Waals surface area contributed by atoms with Gasteiger partial charge < -0.3 is 19.9 Å². The van der Waals surface area contributed by atoms with E-state index in [1.807, 2.05) is 30.5 Å². The number of halogens is 1. The van der Waals surface area contributed by atoms with Crippen molar-refractivity contribution >= 4 is 50.1 Å². The van der Waals surface area contributed by atoms with Gasteiger partial charge in [-0.05, 0) is 42.0 Å². The van der Waals surface area contributed by atoms with Crippen molar-refractivity contribution in [3.63, 3.8) is 0 Å². The number of nitrogens with zero attached hydrogens (tertiary/aromatic N) is 3. The van der Waals surface area contributed by atoms with E-state index in [2.05, 4.69) is 20.2 Å². The average molecular weight is 485 g/mol. The summed E-state index contributed by atoms with van der Waals surface area (Å²) in [6.07, 6.45) is 1.90. The van der Waals surface area contributed by atoms with E-state index in [9.17, 15) is 8.42 Å². The van der Waals surface area contributed by atoms with Gasteiger partial charge in [-0.1, -0.05) is 23.7 Å². The second kappa shape index (κ2) is 8.64. The van der Waals surface area contributed by atoms with Crippen molar-refractivity contribution in [2.24, 2.45) is 5.14 Å². The Bertz CT molecular complexity index is 1420. The number of anilines is 3. The number of fused-ring (bicyclic) bond motifs is 1. The van der Waals surface area contributed by atoms with E-state index in [1.54, 1.807) is 12.1 Å². The lowest BCUT2D eigenvalue weighted by Gasteiger charge is -2.28. The number of morpholine rings is 1. The van der Waals surface area contributed by atoms with E-state index in [-0.39, 0.29) is 4.90 Å². The number of aromatic amines is 1. The molecule has 1 saturated heterocycles. The van der Waals surface area contributed by atoms with Crippen molar-refractivity contribution in [1.29, 1.82) is 0 Å². The van der Waals surface area contributed by atoms with E-state index in [1.165, 1.54) is 12.1 Å². The van der Waals surface area contributed by atoms with Crippen LogP contribution in [0.4, 0.5) is 17.5 Å². The lowest BCUT2D eigenvalue weighted by molar-refractivity contribution is 0.122. The van der Waals surface area contributed by atoms with Crippen LogP contribution in [0.1, 0.15) is 0 Å². The Hall–Kier alpha value is -3.18. The first-order valence-corrected chi connectivity index (χ1v) is 12.2. The van der Waals surface area contributed by atoms with Crippen LogP contribution in [0.3, 0.4) is 0 Å². The van der Waals surface area contributed by atoms with Crippen LogP contribution in [0.25, 0.3) is 22.2 Å². The van der Waals surface area contributed by atoms with Crippen LogP contribution in [0.2, 0.25) is 5.02 Å². The van der Waals surface area contributed by atoms with Gasteiger partial charge in [0.05, 0.1) is 23.5 Å².